The maximum atomic E-state index is 14.1. The standard InChI is InChI=1S/C17H18FN5S/c1-11-10-15(13-4-3-5-14(18)16(13)19-11)22-6-8-23(9-7-22)17-20-12(2)21-24-17/h3-5,10H,6-9H2,1-2H3. The van der Waals surface area contributed by atoms with Gasteiger partial charge in [-0.05, 0) is 26.0 Å². The van der Waals surface area contributed by atoms with Gasteiger partial charge in [0.05, 0.1) is 0 Å². The summed E-state index contributed by atoms with van der Waals surface area (Å²) in [4.78, 5) is 13.4. The Bertz CT molecular complexity index is 886. The Morgan fingerprint density at radius 2 is 1.79 bits per heavy atom. The predicted molar refractivity (Wildman–Crippen MR) is 95.5 cm³/mol. The fourth-order valence-electron chi connectivity index (χ4n) is 3.13. The van der Waals surface area contributed by atoms with E-state index in [1.54, 1.807) is 6.07 Å². The summed E-state index contributed by atoms with van der Waals surface area (Å²) in [7, 11) is 0. The molecule has 0 bridgehead atoms. The first-order chi connectivity index (χ1) is 11.6. The van der Waals surface area contributed by atoms with Crippen molar-refractivity contribution >= 4 is 33.3 Å². The van der Waals surface area contributed by atoms with E-state index in [9.17, 15) is 4.39 Å². The van der Waals surface area contributed by atoms with Gasteiger partial charge in [0.25, 0.3) is 0 Å². The second kappa shape index (κ2) is 5.98. The monoisotopic (exact) mass is 343 g/mol. The summed E-state index contributed by atoms with van der Waals surface area (Å²) in [6.07, 6.45) is 0. The second-order valence-electron chi connectivity index (χ2n) is 6.02. The quantitative estimate of drug-likeness (QED) is 0.715. The van der Waals surface area contributed by atoms with Gasteiger partial charge < -0.3 is 9.80 Å². The lowest BCUT2D eigenvalue weighted by Gasteiger charge is -2.36. The van der Waals surface area contributed by atoms with Crippen molar-refractivity contribution in [3.63, 3.8) is 0 Å². The number of fused-ring (bicyclic) bond motifs is 1. The van der Waals surface area contributed by atoms with Crippen LogP contribution in [0.3, 0.4) is 0 Å². The summed E-state index contributed by atoms with van der Waals surface area (Å²) < 4.78 is 18.4. The number of hydrogen-bond donors (Lipinski definition) is 0. The molecule has 1 aliphatic rings. The lowest BCUT2D eigenvalue weighted by Crippen LogP contribution is -2.46. The third-order valence-electron chi connectivity index (χ3n) is 4.30. The van der Waals surface area contributed by atoms with E-state index >= 15 is 0 Å². The predicted octanol–water partition coefficient (Wildman–Crippen LogP) is 3.17. The molecule has 0 amide bonds. The molecule has 0 aliphatic carbocycles. The molecule has 1 aromatic carbocycles. The van der Waals surface area contributed by atoms with Crippen LogP contribution in [-0.2, 0) is 0 Å². The SMILES string of the molecule is Cc1cc(N2CCN(c3nc(C)ns3)CC2)c2cccc(F)c2n1. The van der Waals surface area contributed by atoms with Crippen LogP contribution in [0.1, 0.15) is 11.5 Å². The number of rotatable bonds is 2. The number of halogens is 1. The zero-order valence-electron chi connectivity index (χ0n) is 13.7. The number of hydrogen-bond acceptors (Lipinski definition) is 6. The number of anilines is 2. The molecule has 1 saturated heterocycles. The van der Waals surface area contributed by atoms with E-state index in [-0.39, 0.29) is 5.82 Å². The topological polar surface area (TPSA) is 45.2 Å². The third kappa shape index (κ3) is 2.69. The molecule has 0 spiro atoms. The summed E-state index contributed by atoms with van der Waals surface area (Å²) in [6, 6.07) is 7.21. The van der Waals surface area contributed by atoms with Crippen molar-refractivity contribution in [2.75, 3.05) is 36.0 Å². The van der Waals surface area contributed by atoms with Crippen LogP contribution < -0.4 is 9.80 Å². The smallest absolute Gasteiger partial charge is 0.205 e. The van der Waals surface area contributed by atoms with Gasteiger partial charge in [0.15, 0.2) is 0 Å². The molecule has 0 atom stereocenters. The van der Waals surface area contributed by atoms with Gasteiger partial charge in [0.1, 0.15) is 17.2 Å². The van der Waals surface area contributed by atoms with E-state index in [0.717, 1.165) is 53.9 Å². The van der Waals surface area contributed by atoms with Crippen LogP contribution in [0.2, 0.25) is 0 Å². The van der Waals surface area contributed by atoms with E-state index in [4.69, 9.17) is 0 Å². The van der Waals surface area contributed by atoms with E-state index < -0.39 is 0 Å². The molecule has 124 valence electrons. The highest BCUT2D eigenvalue weighted by molar-refractivity contribution is 7.09. The molecule has 1 aliphatic heterocycles. The van der Waals surface area contributed by atoms with Gasteiger partial charge in [0, 0.05) is 54.5 Å². The summed E-state index contributed by atoms with van der Waals surface area (Å²) in [6.45, 7) is 7.33. The minimum absolute atomic E-state index is 0.263. The Morgan fingerprint density at radius 3 is 2.50 bits per heavy atom. The molecule has 0 unspecified atom stereocenters. The van der Waals surface area contributed by atoms with Crippen molar-refractivity contribution in [2.24, 2.45) is 0 Å². The van der Waals surface area contributed by atoms with Crippen molar-refractivity contribution in [3.05, 3.63) is 41.6 Å². The average molecular weight is 343 g/mol. The molecule has 24 heavy (non-hydrogen) atoms. The molecule has 1 fully saturated rings. The number of aromatic nitrogens is 3. The normalized spacial score (nSPS) is 15.3. The average Bonchev–Trinajstić information content (AvgIpc) is 3.02. The van der Waals surface area contributed by atoms with Gasteiger partial charge in [-0.15, -0.1) is 0 Å². The van der Waals surface area contributed by atoms with E-state index in [2.05, 4.69) is 24.1 Å². The molecule has 0 saturated carbocycles. The van der Waals surface area contributed by atoms with Crippen molar-refractivity contribution < 1.29 is 4.39 Å². The number of aryl methyl sites for hydroxylation is 2. The molecule has 3 heterocycles. The third-order valence-corrected chi connectivity index (χ3v) is 5.17. The second-order valence-corrected chi connectivity index (χ2v) is 6.75. The molecule has 2 aromatic heterocycles. The van der Waals surface area contributed by atoms with Crippen LogP contribution >= 0.6 is 11.5 Å². The van der Waals surface area contributed by atoms with Gasteiger partial charge in [0.2, 0.25) is 5.13 Å². The van der Waals surface area contributed by atoms with Crippen LogP contribution in [0.4, 0.5) is 15.2 Å². The highest BCUT2D eigenvalue weighted by Crippen LogP contribution is 2.30. The molecular formula is C17H18FN5S. The van der Waals surface area contributed by atoms with Gasteiger partial charge >= 0.3 is 0 Å². The van der Waals surface area contributed by atoms with Crippen molar-refractivity contribution in [1.29, 1.82) is 0 Å². The zero-order valence-corrected chi connectivity index (χ0v) is 14.5. The molecule has 0 radical (unpaired) electrons. The van der Waals surface area contributed by atoms with Crippen LogP contribution in [0.25, 0.3) is 10.9 Å². The van der Waals surface area contributed by atoms with Crippen molar-refractivity contribution in [1.82, 2.24) is 14.3 Å². The number of para-hydroxylation sites is 1. The summed E-state index contributed by atoms with van der Waals surface area (Å²) >= 11 is 1.45. The number of nitrogens with zero attached hydrogens (tertiary/aromatic N) is 5. The van der Waals surface area contributed by atoms with Crippen LogP contribution in [-0.4, -0.2) is 40.5 Å². The van der Waals surface area contributed by atoms with E-state index in [1.807, 2.05) is 26.0 Å². The van der Waals surface area contributed by atoms with Gasteiger partial charge in [-0.1, -0.05) is 12.1 Å². The lowest BCUT2D eigenvalue weighted by atomic mass is 10.1. The highest BCUT2D eigenvalue weighted by Gasteiger charge is 2.22. The van der Waals surface area contributed by atoms with Crippen LogP contribution in [0.5, 0.6) is 0 Å². The summed E-state index contributed by atoms with van der Waals surface area (Å²) in [5.74, 6) is 0.559. The fraction of sp³-hybridized carbons (Fsp3) is 0.353. The number of benzene rings is 1. The first-order valence-electron chi connectivity index (χ1n) is 7.98. The Hall–Kier alpha value is -2.28. The van der Waals surface area contributed by atoms with Crippen molar-refractivity contribution in [3.8, 4) is 0 Å². The van der Waals surface area contributed by atoms with Gasteiger partial charge in [-0.2, -0.15) is 4.37 Å². The molecule has 7 heteroatoms. The Balaban J connectivity index is 1.62. The van der Waals surface area contributed by atoms with Crippen molar-refractivity contribution in [2.45, 2.75) is 13.8 Å². The molecule has 5 nitrogen and oxygen atoms in total. The van der Waals surface area contributed by atoms with Gasteiger partial charge in [-0.3, -0.25) is 0 Å². The Kier molecular flexibility index (Phi) is 3.80. The number of piperazine rings is 1. The maximum Gasteiger partial charge on any atom is 0.205 e. The zero-order chi connectivity index (χ0) is 16.7. The first kappa shape index (κ1) is 15.3. The van der Waals surface area contributed by atoms with Crippen LogP contribution in [0.15, 0.2) is 24.3 Å². The minimum Gasteiger partial charge on any atom is -0.367 e. The summed E-state index contributed by atoms with van der Waals surface area (Å²) in [5, 5.41) is 1.86. The maximum absolute atomic E-state index is 14.1. The lowest BCUT2D eigenvalue weighted by molar-refractivity contribution is 0.635. The minimum atomic E-state index is -0.263. The Morgan fingerprint density at radius 1 is 1.04 bits per heavy atom. The first-order valence-corrected chi connectivity index (χ1v) is 8.75. The highest BCUT2D eigenvalue weighted by atomic mass is 32.1. The largest absolute Gasteiger partial charge is 0.367 e. The van der Waals surface area contributed by atoms with E-state index in [0.29, 0.717) is 5.52 Å². The van der Waals surface area contributed by atoms with E-state index in [1.165, 1.54) is 17.6 Å². The summed E-state index contributed by atoms with van der Waals surface area (Å²) in [5.41, 5.74) is 2.35. The molecule has 3 aromatic rings. The van der Waals surface area contributed by atoms with Crippen LogP contribution in [0, 0.1) is 19.7 Å². The molecule has 0 N–H and O–H groups in total. The Labute approximate surface area is 143 Å². The van der Waals surface area contributed by atoms with Gasteiger partial charge in [-0.25, -0.2) is 14.4 Å². The molecule has 4 rings (SSSR count). The molecular weight excluding hydrogens is 325 g/mol. The number of pyridine rings is 1. The fourth-order valence-corrected chi connectivity index (χ4v) is 3.86.